The maximum atomic E-state index is 12.4. The molecule has 0 unspecified atom stereocenters. The Morgan fingerprint density at radius 3 is 2.26 bits per heavy atom. The Balaban J connectivity index is 2.57. The molecule has 0 aliphatic heterocycles. The molecule has 2 aromatic rings. The van der Waals surface area contributed by atoms with Gasteiger partial charge in [0, 0.05) is 5.56 Å². The molecule has 0 bridgehead atoms. The first-order chi connectivity index (χ1) is 8.91. The van der Waals surface area contributed by atoms with Crippen molar-refractivity contribution in [3.8, 4) is 0 Å². The Kier molecular flexibility index (Phi) is 3.21. The lowest BCUT2D eigenvalue weighted by Gasteiger charge is -2.09. The van der Waals surface area contributed by atoms with Crippen LogP contribution in [0.15, 0.2) is 18.5 Å². The normalized spacial score (nSPS) is 10.5. The van der Waals surface area contributed by atoms with Crippen molar-refractivity contribution in [2.24, 2.45) is 0 Å². The molecule has 0 saturated carbocycles. The van der Waals surface area contributed by atoms with Gasteiger partial charge >= 0.3 is 5.97 Å². The zero-order valence-corrected chi connectivity index (χ0v) is 10.9. The van der Waals surface area contributed by atoms with Gasteiger partial charge in [-0.1, -0.05) is 17.7 Å². The van der Waals surface area contributed by atoms with E-state index in [1.54, 1.807) is 0 Å². The summed E-state index contributed by atoms with van der Waals surface area (Å²) in [5.74, 6) is -1.56. The minimum Gasteiger partial charge on any atom is -0.477 e. The summed E-state index contributed by atoms with van der Waals surface area (Å²) in [6.07, 6.45) is 1.22. The number of carboxylic acid groups (broad SMARTS) is 1. The number of carboxylic acids is 1. The van der Waals surface area contributed by atoms with Crippen molar-refractivity contribution in [2.45, 2.75) is 20.8 Å². The smallest absolute Gasteiger partial charge is 0.354 e. The Labute approximate surface area is 110 Å². The first-order valence-corrected chi connectivity index (χ1v) is 5.81. The van der Waals surface area contributed by atoms with Crippen molar-refractivity contribution in [3.63, 3.8) is 0 Å². The van der Waals surface area contributed by atoms with Gasteiger partial charge in [0.2, 0.25) is 5.78 Å². The molecule has 0 aliphatic carbocycles. The Hall–Kier alpha value is -2.43. The van der Waals surface area contributed by atoms with Crippen LogP contribution in [0.3, 0.4) is 0 Å². The number of aromatic carboxylic acids is 1. The number of aromatic amines is 1. The maximum absolute atomic E-state index is 12.4. The van der Waals surface area contributed by atoms with E-state index in [0.29, 0.717) is 5.56 Å². The van der Waals surface area contributed by atoms with E-state index in [4.69, 9.17) is 5.11 Å². The molecule has 0 saturated heterocycles. The van der Waals surface area contributed by atoms with Gasteiger partial charge in [-0.2, -0.15) is 0 Å². The SMILES string of the molecule is Cc1cc(C)c(C(=O)c2nc[nH]c2C(=O)O)c(C)c1. The van der Waals surface area contributed by atoms with Crippen molar-refractivity contribution < 1.29 is 14.7 Å². The van der Waals surface area contributed by atoms with Crippen molar-refractivity contribution in [3.05, 3.63) is 52.1 Å². The van der Waals surface area contributed by atoms with Gasteiger partial charge in [-0.15, -0.1) is 0 Å². The number of nitrogens with zero attached hydrogens (tertiary/aromatic N) is 1. The van der Waals surface area contributed by atoms with E-state index < -0.39 is 5.97 Å². The van der Waals surface area contributed by atoms with E-state index in [1.165, 1.54) is 6.33 Å². The van der Waals surface area contributed by atoms with Crippen LogP contribution in [0.2, 0.25) is 0 Å². The molecule has 5 nitrogen and oxygen atoms in total. The highest BCUT2D eigenvalue weighted by Gasteiger charge is 2.23. The Bertz CT molecular complexity index is 648. The Morgan fingerprint density at radius 2 is 1.74 bits per heavy atom. The number of aryl methyl sites for hydroxylation is 3. The number of ketones is 1. The highest BCUT2D eigenvalue weighted by Crippen LogP contribution is 2.20. The van der Waals surface area contributed by atoms with Crippen LogP contribution in [0, 0.1) is 20.8 Å². The molecule has 0 fully saturated rings. The summed E-state index contributed by atoms with van der Waals surface area (Å²) >= 11 is 0. The van der Waals surface area contributed by atoms with E-state index in [-0.39, 0.29) is 17.2 Å². The van der Waals surface area contributed by atoms with Crippen LogP contribution < -0.4 is 0 Å². The highest BCUT2D eigenvalue weighted by molar-refractivity contribution is 6.13. The number of H-pyrrole nitrogens is 1. The predicted octanol–water partition coefficient (Wildman–Crippen LogP) is 2.26. The number of benzene rings is 1. The average molecular weight is 258 g/mol. The molecule has 98 valence electrons. The third kappa shape index (κ3) is 2.27. The lowest BCUT2D eigenvalue weighted by Crippen LogP contribution is -2.12. The van der Waals surface area contributed by atoms with E-state index in [1.807, 2.05) is 32.9 Å². The fourth-order valence-corrected chi connectivity index (χ4v) is 2.29. The maximum Gasteiger partial charge on any atom is 0.354 e. The van der Waals surface area contributed by atoms with Gasteiger partial charge in [-0.05, 0) is 31.9 Å². The molecule has 0 spiro atoms. The minimum atomic E-state index is -1.19. The monoisotopic (exact) mass is 258 g/mol. The van der Waals surface area contributed by atoms with E-state index >= 15 is 0 Å². The summed E-state index contributed by atoms with van der Waals surface area (Å²) in [7, 11) is 0. The number of nitrogens with one attached hydrogen (secondary N) is 1. The first kappa shape index (κ1) is 13.0. The molecule has 1 aromatic carbocycles. The van der Waals surface area contributed by atoms with E-state index in [0.717, 1.165) is 16.7 Å². The lowest BCUT2D eigenvalue weighted by molar-refractivity contribution is 0.0687. The standard InChI is InChI=1S/C14H14N2O3/c1-7-4-8(2)10(9(3)5-7)13(17)11-12(14(18)19)16-6-15-11/h4-6H,1-3H3,(H,15,16)(H,18,19). The second kappa shape index (κ2) is 4.68. The second-order valence-electron chi connectivity index (χ2n) is 4.53. The number of carbonyl (C=O) groups excluding carboxylic acids is 1. The van der Waals surface area contributed by atoms with Crippen LogP contribution in [0.25, 0.3) is 0 Å². The molecule has 1 aromatic heterocycles. The molecule has 2 N–H and O–H groups in total. The summed E-state index contributed by atoms with van der Waals surface area (Å²) in [6.45, 7) is 5.62. The zero-order valence-electron chi connectivity index (χ0n) is 10.9. The fourth-order valence-electron chi connectivity index (χ4n) is 2.29. The van der Waals surface area contributed by atoms with Gasteiger partial charge in [-0.25, -0.2) is 9.78 Å². The van der Waals surface area contributed by atoms with Gasteiger partial charge in [0.25, 0.3) is 0 Å². The number of aromatic nitrogens is 2. The van der Waals surface area contributed by atoms with Crippen LogP contribution in [0.1, 0.15) is 43.2 Å². The average Bonchev–Trinajstić information content (AvgIpc) is 2.75. The minimum absolute atomic E-state index is 0.0532. The number of imidazole rings is 1. The van der Waals surface area contributed by atoms with Crippen LogP contribution in [0.4, 0.5) is 0 Å². The van der Waals surface area contributed by atoms with Gasteiger partial charge in [0.05, 0.1) is 6.33 Å². The quantitative estimate of drug-likeness (QED) is 0.827. The third-order valence-electron chi connectivity index (χ3n) is 2.97. The molecule has 0 atom stereocenters. The van der Waals surface area contributed by atoms with Crippen molar-refractivity contribution in [2.75, 3.05) is 0 Å². The molecule has 0 aliphatic rings. The Morgan fingerprint density at radius 1 is 1.16 bits per heavy atom. The van der Waals surface area contributed by atoms with Crippen LogP contribution >= 0.6 is 0 Å². The zero-order chi connectivity index (χ0) is 14.2. The largest absolute Gasteiger partial charge is 0.477 e. The molecular formula is C14H14N2O3. The number of hydrogen-bond donors (Lipinski definition) is 2. The predicted molar refractivity (Wildman–Crippen MR) is 69.6 cm³/mol. The lowest BCUT2D eigenvalue weighted by atomic mass is 9.95. The summed E-state index contributed by atoms with van der Waals surface area (Å²) in [5.41, 5.74) is 2.99. The number of rotatable bonds is 3. The molecule has 5 heteroatoms. The van der Waals surface area contributed by atoms with Gasteiger partial charge in [0.15, 0.2) is 5.69 Å². The van der Waals surface area contributed by atoms with Crippen molar-refractivity contribution in [1.82, 2.24) is 9.97 Å². The molecule has 2 rings (SSSR count). The van der Waals surface area contributed by atoms with Crippen LogP contribution in [-0.4, -0.2) is 26.8 Å². The van der Waals surface area contributed by atoms with Crippen molar-refractivity contribution >= 4 is 11.8 Å². The molecule has 0 amide bonds. The summed E-state index contributed by atoms with van der Waals surface area (Å²) in [6, 6.07) is 3.79. The van der Waals surface area contributed by atoms with Crippen LogP contribution in [-0.2, 0) is 0 Å². The molecule has 0 radical (unpaired) electrons. The van der Waals surface area contributed by atoms with Crippen molar-refractivity contribution in [1.29, 1.82) is 0 Å². The van der Waals surface area contributed by atoms with Crippen LogP contribution in [0.5, 0.6) is 0 Å². The second-order valence-corrected chi connectivity index (χ2v) is 4.53. The van der Waals surface area contributed by atoms with Gasteiger partial charge in [-0.3, -0.25) is 4.79 Å². The van der Waals surface area contributed by atoms with E-state index in [2.05, 4.69) is 9.97 Å². The molecule has 19 heavy (non-hydrogen) atoms. The highest BCUT2D eigenvalue weighted by atomic mass is 16.4. The number of hydrogen-bond acceptors (Lipinski definition) is 3. The number of carbonyl (C=O) groups is 2. The fraction of sp³-hybridized carbons (Fsp3) is 0.214. The summed E-state index contributed by atoms with van der Waals surface area (Å²) < 4.78 is 0. The van der Waals surface area contributed by atoms with Gasteiger partial charge in [0.1, 0.15) is 5.69 Å². The first-order valence-electron chi connectivity index (χ1n) is 5.81. The van der Waals surface area contributed by atoms with Gasteiger partial charge < -0.3 is 10.1 Å². The summed E-state index contributed by atoms with van der Waals surface area (Å²) in [5, 5.41) is 9.01. The van der Waals surface area contributed by atoms with E-state index in [9.17, 15) is 9.59 Å². The molecular weight excluding hydrogens is 244 g/mol. The third-order valence-corrected chi connectivity index (χ3v) is 2.97. The summed E-state index contributed by atoms with van der Waals surface area (Å²) in [4.78, 5) is 29.8. The topological polar surface area (TPSA) is 83.0 Å². The molecule has 1 heterocycles.